The van der Waals surface area contributed by atoms with E-state index in [1.54, 1.807) is 30.6 Å². The molecular formula is C14H17N3O. The second kappa shape index (κ2) is 5.04. The Labute approximate surface area is 106 Å². The van der Waals surface area contributed by atoms with Crippen molar-refractivity contribution in [2.24, 2.45) is 0 Å². The number of hydrogen-bond acceptors (Lipinski definition) is 3. The highest BCUT2D eigenvalue weighted by atomic mass is 16.1. The van der Waals surface area contributed by atoms with Crippen molar-refractivity contribution in [3.05, 3.63) is 47.5 Å². The van der Waals surface area contributed by atoms with E-state index in [1.165, 1.54) is 0 Å². The molecule has 0 saturated carbocycles. The number of benzene rings is 1. The molecule has 0 aliphatic heterocycles. The smallest absolute Gasteiger partial charge is 0.168 e. The van der Waals surface area contributed by atoms with Crippen molar-refractivity contribution >= 4 is 11.5 Å². The summed E-state index contributed by atoms with van der Waals surface area (Å²) in [5.74, 6) is 0.0910. The van der Waals surface area contributed by atoms with Crippen LogP contribution in [0, 0.1) is 6.92 Å². The SMILES string of the molecule is CCn1cnc(C)c1CC(=O)c1ccc(N)cc1. The maximum Gasteiger partial charge on any atom is 0.168 e. The van der Waals surface area contributed by atoms with Crippen LogP contribution in [0.3, 0.4) is 0 Å². The Morgan fingerprint density at radius 3 is 2.61 bits per heavy atom. The number of imidazole rings is 1. The summed E-state index contributed by atoms with van der Waals surface area (Å²) in [6, 6.07) is 7.02. The summed E-state index contributed by atoms with van der Waals surface area (Å²) in [6.07, 6.45) is 2.16. The highest BCUT2D eigenvalue weighted by molar-refractivity contribution is 5.97. The number of carbonyl (C=O) groups excluding carboxylic acids is 1. The van der Waals surface area contributed by atoms with E-state index in [9.17, 15) is 4.79 Å². The van der Waals surface area contributed by atoms with E-state index in [1.807, 2.05) is 18.4 Å². The molecule has 0 spiro atoms. The van der Waals surface area contributed by atoms with Gasteiger partial charge in [-0.15, -0.1) is 0 Å². The molecule has 2 rings (SSSR count). The normalized spacial score (nSPS) is 10.6. The monoisotopic (exact) mass is 243 g/mol. The van der Waals surface area contributed by atoms with E-state index < -0.39 is 0 Å². The lowest BCUT2D eigenvalue weighted by atomic mass is 10.1. The second-order valence-corrected chi connectivity index (χ2v) is 4.28. The first-order chi connectivity index (χ1) is 8.61. The number of rotatable bonds is 4. The van der Waals surface area contributed by atoms with Crippen LogP contribution in [-0.4, -0.2) is 15.3 Å². The fourth-order valence-electron chi connectivity index (χ4n) is 1.93. The Morgan fingerprint density at radius 1 is 1.33 bits per heavy atom. The predicted octanol–water partition coefficient (Wildman–Crippen LogP) is 2.22. The van der Waals surface area contributed by atoms with Crippen LogP contribution in [0.2, 0.25) is 0 Å². The quantitative estimate of drug-likeness (QED) is 0.661. The molecular weight excluding hydrogens is 226 g/mol. The third-order valence-corrected chi connectivity index (χ3v) is 3.06. The lowest BCUT2D eigenvalue weighted by molar-refractivity contribution is 0.0990. The summed E-state index contributed by atoms with van der Waals surface area (Å²) >= 11 is 0. The predicted molar refractivity (Wildman–Crippen MR) is 71.5 cm³/mol. The number of nitrogens with two attached hydrogens (primary N) is 1. The minimum atomic E-state index is 0.0910. The van der Waals surface area contributed by atoms with Crippen molar-refractivity contribution in [3.63, 3.8) is 0 Å². The van der Waals surface area contributed by atoms with Gasteiger partial charge in [-0.25, -0.2) is 4.98 Å². The minimum Gasteiger partial charge on any atom is -0.399 e. The van der Waals surface area contributed by atoms with Gasteiger partial charge >= 0.3 is 0 Å². The maximum atomic E-state index is 12.2. The zero-order valence-electron chi connectivity index (χ0n) is 10.7. The number of anilines is 1. The Bertz CT molecular complexity index is 555. The topological polar surface area (TPSA) is 60.9 Å². The number of aromatic nitrogens is 2. The molecule has 1 heterocycles. The van der Waals surface area contributed by atoms with Gasteiger partial charge in [-0.3, -0.25) is 4.79 Å². The van der Waals surface area contributed by atoms with Gasteiger partial charge in [0.2, 0.25) is 0 Å². The van der Waals surface area contributed by atoms with Gasteiger partial charge in [0, 0.05) is 23.5 Å². The van der Waals surface area contributed by atoms with Gasteiger partial charge in [-0.05, 0) is 38.1 Å². The Balaban J connectivity index is 2.21. The van der Waals surface area contributed by atoms with Crippen molar-refractivity contribution in [3.8, 4) is 0 Å². The molecule has 0 bridgehead atoms. The number of nitrogens with zero attached hydrogens (tertiary/aromatic N) is 2. The van der Waals surface area contributed by atoms with Gasteiger partial charge < -0.3 is 10.3 Å². The summed E-state index contributed by atoms with van der Waals surface area (Å²) in [5.41, 5.74) is 8.87. The second-order valence-electron chi connectivity index (χ2n) is 4.28. The Kier molecular flexibility index (Phi) is 3.46. The van der Waals surface area contributed by atoms with Crippen LogP contribution >= 0.6 is 0 Å². The molecule has 0 atom stereocenters. The number of carbonyl (C=O) groups is 1. The molecule has 1 aromatic heterocycles. The van der Waals surface area contributed by atoms with E-state index >= 15 is 0 Å². The van der Waals surface area contributed by atoms with Crippen molar-refractivity contribution < 1.29 is 4.79 Å². The molecule has 18 heavy (non-hydrogen) atoms. The van der Waals surface area contributed by atoms with Crippen LogP contribution in [0.15, 0.2) is 30.6 Å². The summed E-state index contributed by atoms with van der Waals surface area (Å²) in [7, 11) is 0. The number of hydrogen-bond donors (Lipinski definition) is 1. The summed E-state index contributed by atoms with van der Waals surface area (Å²) < 4.78 is 2.00. The van der Waals surface area contributed by atoms with Crippen LogP contribution in [0.1, 0.15) is 28.7 Å². The van der Waals surface area contributed by atoms with Gasteiger partial charge in [0.05, 0.1) is 18.4 Å². The Morgan fingerprint density at radius 2 is 2.00 bits per heavy atom. The maximum absolute atomic E-state index is 12.2. The molecule has 0 saturated heterocycles. The van der Waals surface area contributed by atoms with Gasteiger partial charge in [-0.2, -0.15) is 0 Å². The first-order valence-corrected chi connectivity index (χ1v) is 6.01. The zero-order chi connectivity index (χ0) is 13.1. The molecule has 2 N–H and O–H groups in total. The zero-order valence-corrected chi connectivity index (χ0v) is 10.7. The molecule has 0 aliphatic carbocycles. The summed E-state index contributed by atoms with van der Waals surface area (Å²) in [5, 5.41) is 0. The standard InChI is InChI=1S/C14H17N3O/c1-3-17-9-16-10(2)13(17)8-14(18)11-4-6-12(15)7-5-11/h4-7,9H,3,8,15H2,1-2H3. The fourth-order valence-corrected chi connectivity index (χ4v) is 1.93. The van der Waals surface area contributed by atoms with Gasteiger partial charge in [-0.1, -0.05) is 0 Å². The van der Waals surface area contributed by atoms with Crippen LogP contribution in [0.4, 0.5) is 5.69 Å². The highest BCUT2D eigenvalue weighted by Gasteiger charge is 2.12. The van der Waals surface area contributed by atoms with Crippen molar-refractivity contribution in [2.75, 3.05) is 5.73 Å². The van der Waals surface area contributed by atoms with Crippen molar-refractivity contribution in [1.82, 2.24) is 9.55 Å². The molecule has 1 aromatic carbocycles. The average Bonchev–Trinajstić information content (AvgIpc) is 2.71. The highest BCUT2D eigenvalue weighted by Crippen LogP contribution is 2.13. The van der Waals surface area contributed by atoms with Gasteiger partial charge in [0.1, 0.15) is 0 Å². The Hall–Kier alpha value is -2.10. The lowest BCUT2D eigenvalue weighted by Crippen LogP contribution is -2.09. The van der Waals surface area contributed by atoms with Crippen LogP contribution in [0.5, 0.6) is 0 Å². The van der Waals surface area contributed by atoms with E-state index in [4.69, 9.17) is 5.73 Å². The first kappa shape index (κ1) is 12.4. The molecule has 0 unspecified atom stereocenters. The third kappa shape index (κ3) is 2.42. The third-order valence-electron chi connectivity index (χ3n) is 3.06. The molecule has 0 radical (unpaired) electrons. The van der Waals surface area contributed by atoms with Crippen molar-refractivity contribution in [2.45, 2.75) is 26.8 Å². The molecule has 2 aromatic rings. The molecule has 0 amide bonds. The molecule has 94 valence electrons. The molecule has 0 fully saturated rings. The van der Waals surface area contributed by atoms with Crippen LogP contribution in [0.25, 0.3) is 0 Å². The number of nitrogen functional groups attached to an aromatic ring is 1. The number of ketones is 1. The minimum absolute atomic E-state index is 0.0910. The summed E-state index contributed by atoms with van der Waals surface area (Å²) in [6.45, 7) is 4.79. The first-order valence-electron chi connectivity index (χ1n) is 6.01. The van der Waals surface area contributed by atoms with Gasteiger partial charge in [0.15, 0.2) is 5.78 Å². The number of aryl methyl sites for hydroxylation is 2. The fraction of sp³-hybridized carbons (Fsp3) is 0.286. The van der Waals surface area contributed by atoms with Gasteiger partial charge in [0.25, 0.3) is 0 Å². The van der Waals surface area contributed by atoms with Crippen LogP contribution < -0.4 is 5.73 Å². The largest absolute Gasteiger partial charge is 0.399 e. The average molecular weight is 243 g/mol. The molecule has 4 heteroatoms. The molecule has 0 aliphatic rings. The van der Waals surface area contributed by atoms with E-state index in [0.717, 1.165) is 17.9 Å². The van der Waals surface area contributed by atoms with E-state index in [2.05, 4.69) is 4.98 Å². The molecule has 4 nitrogen and oxygen atoms in total. The van der Waals surface area contributed by atoms with Crippen molar-refractivity contribution in [1.29, 1.82) is 0 Å². The van der Waals surface area contributed by atoms with Crippen LogP contribution in [-0.2, 0) is 13.0 Å². The lowest BCUT2D eigenvalue weighted by Gasteiger charge is -2.06. The number of Topliss-reactive ketones (excluding diaryl/α,β-unsaturated/α-hetero) is 1. The van der Waals surface area contributed by atoms with E-state index in [0.29, 0.717) is 17.7 Å². The van der Waals surface area contributed by atoms with E-state index in [-0.39, 0.29) is 5.78 Å². The summed E-state index contributed by atoms with van der Waals surface area (Å²) in [4.78, 5) is 16.4.